The Labute approximate surface area is 87.3 Å². The summed E-state index contributed by atoms with van der Waals surface area (Å²) in [7, 11) is 0. The summed E-state index contributed by atoms with van der Waals surface area (Å²) in [5.41, 5.74) is 5.69. The average molecular weight is 211 g/mol. The molecule has 2 rings (SSSR count). The highest BCUT2D eigenvalue weighted by Crippen LogP contribution is 2.46. The topological polar surface area (TPSA) is 66.5 Å². The molecule has 3 nitrogen and oxygen atoms in total. The van der Waals surface area contributed by atoms with Crippen molar-refractivity contribution in [3.63, 3.8) is 0 Å². The molecule has 4 heteroatoms. The minimum Gasteiger partial charge on any atom is -0.508 e. The van der Waals surface area contributed by atoms with E-state index >= 15 is 0 Å². The number of aromatic hydroxyl groups is 1. The SMILES string of the molecule is NCC1(c2cc(F)ccc2O)CC(O)C1. The predicted molar refractivity (Wildman–Crippen MR) is 54.0 cm³/mol. The van der Waals surface area contributed by atoms with E-state index in [9.17, 15) is 14.6 Å². The van der Waals surface area contributed by atoms with Gasteiger partial charge in [0, 0.05) is 17.5 Å². The van der Waals surface area contributed by atoms with Gasteiger partial charge in [-0.3, -0.25) is 0 Å². The molecule has 15 heavy (non-hydrogen) atoms. The first kappa shape index (κ1) is 10.4. The number of hydrogen-bond donors (Lipinski definition) is 3. The number of hydrogen-bond acceptors (Lipinski definition) is 3. The van der Waals surface area contributed by atoms with Crippen molar-refractivity contribution < 1.29 is 14.6 Å². The molecule has 1 aromatic carbocycles. The van der Waals surface area contributed by atoms with Crippen LogP contribution in [0.4, 0.5) is 4.39 Å². The smallest absolute Gasteiger partial charge is 0.123 e. The van der Waals surface area contributed by atoms with Gasteiger partial charge in [0.05, 0.1) is 6.10 Å². The van der Waals surface area contributed by atoms with E-state index in [2.05, 4.69) is 0 Å². The number of phenolic OH excluding ortho intramolecular Hbond substituents is 1. The third-order valence-corrected chi connectivity index (χ3v) is 3.17. The van der Waals surface area contributed by atoms with Crippen LogP contribution in [0.1, 0.15) is 18.4 Å². The molecule has 1 fully saturated rings. The van der Waals surface area contributed by atoms with Crippen molar-refractivity contribution in [2.45, 2.75) is 24.4 Å². The van der Waals surface area contributed by atoms with E-state index in [0.717, 1.165) is 0 Å². The molecule has 82 valence electrons. The third-order valence-electron chi connectivity index (χ3n) is 3.17. The standard InChI is InChI=1S/C11H14FNO2/c12-7-1-2-10(15)9(3-7)11(6-13)4-8(14)5-11/h1-3,8,14-15H,4-6,13H2. The van der Waals surface area contributed by atoms with Gasteiger partial charge < -0.3 is 15.9 Å². The second-order valence-electron chi connectivity index (χ2n) is 4.21. The summed E-state index contributed by atoms with van der Waals surface area (Å²) in [4.78, 5) is 0. The van der Waals surface area contributed by atoms with E-state index < -0.39 is 17.3 Å². The normalized spacial score (nSPS) is 29.9. The summed E-state index contributed by atoms with van der Waals surface area (Å²) in [5.74, 6) is -0.342. The zero-order valence-corrected chi connectivity index (χ0v) is 8.28. The molecule has 0 heterocycles. The molecule has 0 aliphatic heterocycles. The van der Waals surface area contributed by atoms with Gasteiger partial charge in [-0.25, -0.2) is 4.39 Å². The number of benzene rings is 1. The molecule has 0 amide bonds. The minimum atomic E-state index is -0.453. The van der Waals surface area contributed by atoms with Gasteiger partial charge in [-0.05, 0) is 31.0 Å². The summed E-state index contributed by atoms with van der Waals surface area (Å²) >= 11 is 0. The fourth-order valence-corrected chi connectivity index (χ4v) is 2.27. The van der Waals surface area contributed by atoms with Gasteiger partial charge in [0.1, 0.15) is 11.6 Å². The first-order chi connectivity index (χ1) is 7.07. The largest absolute Gasteiger partial charge is 0.508 e. The third kappa shape index (κ3) is 1.60. The maximum atomic E-state index is 13.1. The van der Waals surface area contributed by atoms with Crippen LogP contribution in [-0.4, -0.2) is 22.9 Å². The van der Waals surface area contributed by atoms with Crippen LogP contribution < -0.4 is 5.73 Å². The van der Waals surface area contributed by atoms with E-state index in [1.165, 1.54) is 18.2 Å². The van der Waals surface area contributed by atoms with Crippen LogP contribution in [0.25, 0.3) is 0 Å². The second kappa shape index (κ2) is 3.47. The molecule has 0 saturated heterocycles. The van der Waals surface area contributed by atoms with Crippen LogP contribution >= 0.6 is 0 Å². The highest BCUT2D eigenvalue weighted by Gasteiger charge is 2.45. The summed E-state index contributed by atoms with van der Waals surface area (Å²) < 4.78 is 13.1. The summed E-state index contributed by atoms with van der Waals surface area (Å²) in [6.07, 6.45) is 0.581. The molecule has 4 N–H and O–H groups in total. The van der Waals surface area contributed by atoms with Crippen molar-refractivity contribution in [1.82, 2.24) is 0 Å². The molecule has 0 bridgehead atoms. The van der Waals surface area contributed by atoms with Crippen molar-refractivity contribution in [3.05, 3.63) is 29.6 Å². The van der Waals surface area contributed by atoms with Gasteiger partial charge in [-0.2, -0.15) is 0 Å². The van der Waals surface area contributed by atoms with Crippen LogP contribution in [-0.2, 0) is 5.41 Å². The Morgan fingerprint density at radius 3 is 2.67 bits per heavy atom. The van der Waals surface area contributed by atoms with Crippen LogP contribution in [0.3, 0.4) is 0 Å². The van der Waals surface area contributed by atoms with E-state index in [0.29, 0.717) is 24.9 Å². The van der Waals surface area contributed by atoms with Gasteiger partial charge in [0.15, 0.2) is 0 Å². The Kier molecular flexibility index (Phi) is 2.40. The van der Waals surface area contributed by atoms with E-state index in [4.69, 9.17) is 5.73 Å². The highest BCUT2D eigenvalue weighted by molar-refractivity contribution is 5.41. The zero-order valence-electron chi connectivity index (χ0n) is 8.28. The predicted octanol–water partition coefficient (Wildman–Crippen LogP) is 0.883. The summed E-state index contributed by atoms with van der Waals surface area (Å²) in [6, 6.07) is 3.83. The Hall–Kier alpha value is -1.13. The second-order valence-corrected chi connectivity index (χ2v) is 4.21. The maximum absolute atomic E-state index is 13.1. The van der Waals surface area contributed by atoms with Crippen molar-refractivity contribution in [2.24, 2.45) is 5.73 Å². The lowest BCUT2D eigenvalue weighted by Crippen LogP contribution is -2.49. The van der Waals surface area contributed by atoms with Crippen LogP contribution in [0.5, 0.6) is 5.75 Å². The van der Waals surface area contributed by atoms with Crippen LogP contribution in [0.15, 0.2) is 18.2 Å². The highest BCUT2D eigenvalue weighted by atomic mass is 19.1. The van der Waals surface area contributed by atoms with Gasteiger partial charge in [-0.15, -0.1) is 0 Å². The Morgan fingerprint density at radius 1 is 1.47 bits per heavy atom. The number of halogens is 1. The monoisotopic (exact) mass is 211 g/mol. The molecule has 0 spiro atoms. The quantitative estimate of drug-likeness (QED) is 0.680. The van der Waals surface area contributed by atoms with Crippen molar-refractivity contribution in [2.75, 3.05) is 6.54 Å². The molecular formula is C11H14FNO2. The minimum absolute atomic E-state index is 0.0498. The van der Waals surface area contributed by atoms with Crippen LogP contribution in [0.2, 0.25) is 0 Å². The van der Waals surface area contributed by atoms with E-state index in [-0.39, 0.29) is 5.75 Å². The van der Waals surface area contributed by atoms with Gasteiger partial charge >= 0.3 is 0 Å². The lowest BCUT2D eigenvalue weighted by atomic mass is 9.62. The Bertz CT molecular complexity index is 375. The van der Waals surface area contributed by atoms with Gasteiger partial charge in [0.25, 0.3) is 0 Å². The van der Waals surface area contributed by atoms with Crippen molar-refractivity contribution >= 4 is 0 Å². The molecule has 0 aromatic heterocycles. The lowest BCUT2D eigenvalue weighted by Gasteiger charge is -2.45. The molecule has 0 unspecified atom stereocenters. The summed E-state index contributed by atoms with van der Waals surface area (Å²) in [6.45, 7) is 0.307. The van der Waals surface area contributed by atoms with Gasteiger partial charge in [-0.1, -0.05) is 0 Å². The molecule has 0 atom stereocenters. The number of nitrogens with two attached hydrogens (primary N) is 1. The molecule has 1 saturated carbocycles. The number of rotatable bonds is 2. The number of phenols is 1. The Balaban J connectivity index is 2.39. The maximum Gasteiger partial charge on any atom is 0.123 e. The molecule has 1 aliphatic carbocycles. The average Bonchev–Trinajstić information content (AvgIpc) is 2.17. The molecule has 0 radical (unpaired) electrons. The molecule has 1 aliphatic rings. The van der Waals surface area contributed by atoms with E-state index in [1.54, 1.807) is 0 Å². The fourth-order valence-electron chi connectivity index (χ4n) is 2.27. The van der Waals surface area contributed by atoms with Gasteiger partial charge in [0.2, 0.25) is 0 Å². The fraction of sp³-hybridized carbons (Fsp3) is 0.455. The molecular weight excluding hydrogens is 197 g/mol. The molecule has 1 aromatic rings. The van der Waals surface area contributed by atoms with E-state index in [1.807, 2.05) is 0 Å². The van der Waals surface area contributed by atoms with Crippen LogP contribution in [0, 0.1) is 5.82 Å². The first-order valence-electron chi connectivity index (χ1n) is 4.94. The van der Waals surface area contributed by atoms with Crippen molar-refractivity contribution in [3.8, 4) is 5.75 Å². The van der Waals surface area contributed by atoms with Crippen molar-refractivity contribution in [1.29, 1.82) is 0 Å². The number of aliphatic hydroxyl groups is 1. The first-order valence-corrected chi connectivity index (χ1v) is 4.94. The summed E-state index contributed by atoms with van der Waals surface area (Å²) in [5, 5.41) is 19.0. The number of aliphatic hydroxyl groups excluding tert-OH is 1. The zero-order chi connectivity index (χ0) is 11.1. The Morgan fingerprint density at radius 2 is 2.13 bits per heavy atom. The lowest BCUT2D eigenvalue weighted by molar-refractivity contribution is 0.0210.